The van der Waals surface area contributed by atoms with Crippen molar-refractivity contribution in [2.75, 3.05) is 19.0 Å². The highest BCUT2D eigenvalue weighted by atomic mass is 79.9. The molecule has 0 saturated carbocycles. The summed E-state index contributed by atoms with van der Waals surface area (Å²) in [5.41, 5.74) is 0. The molecule has 0 spiro atoms. The first kappa shape index (κ1) is 21.3. The second-order valence-corrected chi connectivity index (χ2v) is 9.12. The molecule has 21 heavy (non-hydrogen) atoms. The molecular weight excluding hydrogens is 399 g/mol. The molecule has 0 radical (unpaired) electrons. The zero-order valence-corrected chi connectivity index (χ0v) is 16.4. The van der Waals surface area contributed by atoms with Crippen molar-refractivity contribution in [2.24, 2.45) is 0 Å². The minimum Gasteiger partial charge on any atom is -0.415 e. The highest BCUT2D eigenvalue weighted by Gasteiger charge is 2.27. The summed E-state index contributed by atoms with van der Waals surface area (Å²) in [5.74, 6) is 1.09. The van der Waals surface area contributed by atoms with E-state index in [0.717, 1.165) is 10.9 Å². The summed E-state index contributed by atoms with van der Waals surface area (Å²) >= 11 is 10.5. The largest absolute Gasteiger partial charge is 0.440 e. The monoisotopic (exact) mass is 418 g/mol. The van der Waals surface area contributed by atoms with Crippen LogP contribution in [0.3, 0.4) is 0 Å². The van der Waals surface area contributed by atoms with Gasteiger partial charge in [0.15, 0.2) is 0 Å². The molecule has 0 heterocycles. The van der Waals surface area contributed by atoms with Gasteiger partial charge in [0, 0.05) is 16.8 Å². The lowest BCUT2D eigenvalue weighted by atomic mass is 10.3. The van der Waals surface area contributed by atoms with Gasteiger partial charge in [-0.15, -0.1) is 0 Å². The maximum atomic E-state index is 12.4. The van der Waals surface area contributed by atoms with Crippen LogP contribution in [0.2, 0.25) is 5.02 Å². The fourth-order valence-electron chi connectivity index (χ4n) is 1.12. The van der Waals surface area contributed by atoms with E-state index in [9.17, 15) is 4.57 Å². The number of halogens is 2. The Kier molecular flexibility index (Phi) is 12.0. The second kappa shape index (κ2) is 11.8. The fourth-order valence-corrected chi connectivity index (χ4v) is 5.35. The molecule has 1 aromatic rings. The molecule has 0 saturated heterocycles. The van der Waals surface area contributed by atoms with Crippen LogP contribution in [0, 0.1) is 0 Å². The Balaban J connectivity index is 0.00000122. The van der Waals surface area contributed by atoms with E-state index in [1.54, 1.807) is 32.0 Å². The summed E-state index contributed by atoms with van der Waals surface area (Å²) in [4.78, 5) is 0. The third kappa shape index (κ3) is 9.11. The smallest absolute Gasteiger partial charge is 0.415 e. The quantitative estimate of drug-likeness (QED) is 0.569. The SMILES string of the molecule is CCCSP(=O)(OCC)Oc1ccc(Br)cc1Cl.CCO. The van der Waals surface area contributed by atoms with E-state index < -0.39 is 6.80 Å². The Morgan fingerprint density at radius 2 is 2.00 bits per heavy atom. The van der Waals surface area contributed by atoms with Crippen LogP contribution in [-0.4, -0.2) is 24.1 Å². The van der Waals surface area contributed by atoms with Gasteiger partial charge < -0.3 is 9.63 Å². The maximum Gasteiger partial charge on any atom is 0.440 e. The van der Waals surface area contributed by atoms with Crippen LogP contribution in [0.5, 0.6) is 5.75 Å². The van der Waals surface area contributed by atoms with E-state index in [1.165, 1.54) is 11.4 Å². The fraction of sp³-hybridized carbons (Fsp3) is 0.538. The highest BCUT2D eigenvalue weighted by molar-refractivity contribution is 9.10. The number of aliphatic hydroxyl groups is 1. The Hall–Kier alpha value is 0.290. The average molecular weight is 420 g/mol. The van der Waals surface area contributed by atoms with Crippen LogP contribution in [0.4, 0.5) is 0 Å². The lowest BCUT2D eigenvalue weighted by Gasteiger charge is -2.18. The molecule has 1 N–H and O–H groups in total. The Labute approximate surface area is 144 Å². The molecule has 0 aliphatic heterocycles. The molecule has 0 fully saturated rings. The van der Waals surface area contributed by atoms with Gasteiger partial charge in [0.25, 0.3) is 0 Å². The summed E-state index contributed by atoms with van der Waals surface area (Å²) in [6.45, 7) is 2.88. The van der Waals surface area contributed by atoms with E-state index >= 15 is 0 Å². The number of aliphatic hydroxyl groups excluding tert-OH is 1. The minimum atomic E-state index is -3.18. The van der Waals surface area contributed by atoms with E-state index in [4.69, 9.17) is 25.8 Å². The van der Waals surface area contributed by atoms with Gasteiger partial charge in [0.2, 0.25) is 0 Å². The normalized spacial score (nSPS) is 13.0. The molecular formula is C13H21BrClO4PS. The van der Waals surface area contributed by atoms with Gasteiger partial charge in [-0.3, -0.25) is 4.52 Å². The van der Waals surface area contributed by atoms with Crippen molar-refractivity contribution in [3.8, 4) is 5.75 Å². The highest BCUT2D eigenvalue weighted by Crippen LogP contribution is 2.60. The zero-order chi connectivity index (χ0) is 16.3. The number of hydrogen-bond acceptors (Lipinski definition) is 5. The van der Waals surface area contributed by atoms with Crippen molar-refractivity contribution in [3.63, 3.8) is 0 Å². The van der Waals surface area contributed by atoms with Gasteiger partial charge in [0.05, 0.1) is 11.6 Å². The predicted octanol–water partition coefficient (Wildman–Crippen LogP) is 5.77. The van der Waals surface area contributed by atoms with Crippen molar-refractivity contribution < 1.29 is 18.7 Å². The van der Waals surface area contributed by atoms with Crippen LogP contribution in [0.1, 0.15) is 27.2 Å². The number of rotatable bonds is 7. The van der Waals surface area contributed by atoms with Gasteiger partial charge in [-0.25, -0.2) is 4.57 Å². The van der Waals surface area contributed by atoms with Gasteiger partial charge in [-0.05, 0) is 49.8 Å². The summed E-state index contributed by atoms with van der Waals surface area (Å²) in [7, 11) is 0. The Morgan fingerprint density at radius 3 is 2.48 bits per heavy atom. The van der Waals surface area contributed by atoms with Gasteiger partial charge in [0.1, 0.15) is 5.75 Å². The number of hydrogen-bond donors (Lipinski definition) is 1. The predicted molar refractivity (Wildman–Crippen MR) is 94.5 cm³/mol. The summed E-state index contributed by atoms with van der Waals surface area (Å²) in [6.07, 6.45) is 0.902. The van der Waals surface area contributed by atoms with Crippen LogP contribution < -0.4 is 4.52 Å². The second-order valence-electron chi connectivity index (χ2n) is 3.68. The third-order valence-corrected chi connectivity index (χ3v) is 6.57. The molecule has 8 heteroatoms. The molecule has 4 nitrogen and oxygen atoms in total. The van der Waals surface area contributed by atoms with Gasteiger partial charge in [-0.1, -0.05) is 34.5 Å². The van der Waals surface area contributed by atoms with Crippen LogP contribution >= 0.6 is 45.7 Å². The van der Waals surface area contributed by atoms with Crippen molar-refractivity contribution in [2.45, 2.75) is 27.2 Å². The molecule has 122 valence electrons. The standard InChI is InChI=1S/C11H15BrClO3PS.C2H6O/c1-3-7-18-17(14,15-4-2)16-11-6-5-9(12)8-10(11)13;1-2-3/h5-6,8H,3-4,7H2,1-2H3;3H,2H2,1H3. The molecule has 0 aliphatic carbocycles. The Bertz CT molecular complexity index is 462. The lowest BCUT2D eigenvalue weighted by molar-refractivity contribution is 0.296. The summed E-state index contributed by atoms with van der Waals surface area (Å²) in [6, 6.07) is 5.14. The molecule has 0 amide bonds. The molecule has 1 aromatic carbocycles. The van der Waals surface area contributed by atoms with E-state index in [2.05, 4.69) is 15.9 Å². The first-order valence-electron chi connectivity index (χ1n) is 6.57. The van der Waals surface area contributed by atoms with Crippen LogP contribution in [-0.2, 0) is 9.09 Å². The lowest BCUT2D eigenvalue weighted by Crippen LogP contribution is -1.96. The average Bonchev–Trinajstić information content (AvgIpc) is 2.41. The Morgan fingerprint density at radius 1 is 1.38 bits per heavy atom. The minimum absolute atomic E-state index is 0.250. The molecule has 0 bridgehead atoms. The summed E-state index contributed by atoms with van der Waals surface area (Å²) < 4.78 is 24.0. The van der Waals surface area contributed by atoms with E-state index in [0.29, 0.717) is 23.1 Å². The van der Waals surface area contributed by atoms with E-state index in [-0.39, 0.29) is 6.61 Å². The van der Waals surface area contributed by atoms with Gasteiger partial charge >= 0.3 is 6.80 Å². The molecule has 0 aliphatic rings. The van der Waals surface area contributed by atoms with Crippen molar-refractivity contribution in [1.82, 2.24) is 0 Å². The molecule has 1 unspecified atom stereocenters. The molecule has 1 atom stereocenters. The molecule has 0 aromatic heterocycles. The van der Waals surface area contributed by atoms with Crippen molar-refractivity contribution in [3.05, 3.63) is 27.7 Å². The van der Waals surface area contributed by atoms with Crippen molar-refractivity contribution in [1.29, 1.82) is 0 Å². The van der Waals surface area contributed by atoms with Gasteiger partial charge in [-0.2, -0.15) is 0 Å². The topological polar surface area (TPSA) is 55.8 Å². The first-order chi connectivity index (χ1) is 9.92. The van der Waals surface area contributed by atoms with Crippen LogP contribution in [0.25, 0.3) is 0 Å². The third-order valence-electron chi connectivity index (χ3n) is 1.84. The maximum absolute atomic E-state index is 12.4. The number of benzene rings is 1. The molecule has 1 rings (SSSR count). The van der Waals surface area contributed by atoms with E-state index in [1.807, 2.05) is 6.92 Å². The summed E-state index contributed by atoms with van der Waals surface area (Å²) in [5, 5.41) is 7.97. The van der Waals surface area contributed by atoms with Crippen LogP contribution in [0.15, 0.2) is 22.7 Å². The van der Waals surface area contributed by atoms with Crippen molar-refractivity contribution >= 4 is 45.7 Å². The first-order valence-corrected chi connectivity index (χ1v) is 10.9. The zero-order valence-electron chi connectivity index (χ0n) is 12.3.